The lowest BCUT2D eigenvalue weighted by Crippen LogP contribution is -2.48. The molecule has 0 aromatic heterocycles. The number of hydrogen-bond donors (Lipinski definition) is 2. The Morgan fingerprint density at radius 2 is 1.92 bits per heavy atom. The third kappa shape index (κ3) is 3.28. The van der Waals surface area contributed by atoms with Crippen LogP contribution in [0.3, 0.4) is 0 Å². The second-order valence-corrected chi connectivity index (χ2v) is 5.54. The van der Waals surface area contributed by atoms with Crippen molar-refractivity contribution in [3.63, 3.8) is 0 Å². The minimum atomic E-state index is 0.230. The lowest BCUT2D eigenvalue weighted by Gasteiger charge is -2.26. The Morgan fingerprint density at radius 3 is 2.31 bits per heavy atom. The molecular formula is C11H24N2. The van der Waals surface area contributed by atoms with E-state index in [1.807, 2.05) is 0 Å². The van der Waals surface area contributed by atoms with Gasteiger partial charge in [0.25, 0.3) is 0 Å². The molecule has 0 aromatic carbocycles. The van der Waals surface area contributed by atoms with Crippen LogP contribution in [0.5, 0.6) is 0 Å². The van der Waals surface area contributed by atoms with Crippen LogP contribution in [-0.4, -0.2) is 24.7 Å². The number of nitrogens with one attached hydrogen (secondary N) is 2. The number of hydrogen-bond acceptors (Lipinski definition) is 2. The summed E-state index contributed by atoms with van der Waals surface area (Å²) >= 11 is 0. The van der Waals surface area contributed by atoms with Crippen molar-refractivity contribution in [1.82, 2.24) is 10.6 Å². The molecule has 0 saturated heterocycles. The van der Waals surface area contributed by atoms with Crippen molar-refractivity contribution >= 4 is 0 Å². The maximum atomic E-state index is 3.61. The SMILES string of the molecule is CCNC(C)(C)CNC1CC1(C)C. The molecule has 2 heteroatoms. The Balaban J connectivity index is 2.19. The van der Waals surface area contributed by atoms with Gasteiger partial charge in [0.2, 0.25) is 0 Å². The minimum absolute atomic E-state index is 0.230. The van der Waals surface area contributed by atoms with E-state index in [4.69, 9.17) is 0 Å². The van der Waals surface area contributed by atoms with Crippen LogP contribution in [-0.2, 0) is 0 Å². The minimum Gasteiger partial charge on any atom is -0.312 e. The van der Waals surface area contributed by atoms with Gasteiger partial charge in [-0.1, -0.05) is 20.8 Å². The van der Waals surface area contributed by atoms with Crippen LogP contribution in [0.15, 0.2) is 0 Å². The molecule has 1 aliphatic carbocycles. The van der Waals surface area contributed by atoms with Gasteiger partial charge in [0, 0.05) is 18.1 Å². The predicted octanol–water partition coefficient (Wildman–Crippen LogP) is 1.76. The Kier molecular flexibility index (Phi) is 3.03. The molecule has 1 rings (SSSR count). The van der Waals surface area contributed by atoms with Crippen molar-refractivity contribution < 1.29 is 0 Å². The monoisotopic (exact) mass is 184 g/mol. The van der Waals surface area contributed by atoms with E-state index in [-0.39, 0.29) is 5.54 Å². The van der Waals surface area contributed by atoms with Crippen molar-refractivity contribution in [1.29, 1.82) is 0 Å². The largest absolute Gasteiger partial charge is 0.312 e. The Bertz CT molecular complexity index is 173. The van der Waals surface area contributed by atoms with Crippen LogP contribution in [0.2, 0.25) is 0 Å². The van der Waals surface area contributed by atoms with E-state index in [2.05, 4.69) is 45.3 Å². The van der Waals surface area contributed by atoms with Gasteiger partial charge in [0.05, 0.1) is 0 Å². The molecule has 1 atom stereocenters. The molecule has 0 radical (unpaired) electrons. The smallest absolute Gasteiger partial charge is 0.0249 e. The molecule has 1 unspecified atom stereocenters. The molecule has 1 saturated carbocycles. The molecule has 1 aliphatic rings. The van der Waals surface area contributed by atoms with Crippen LogP contribution in [0, 0.1) is 5.41 Å². The van der Waals surface area contributed by atoms with Crippen molar-refractivity contribution in [3.8, 4) is 0 Å². The second kappa shape index (κ2) is 3.58. The summed E-state index contributed by atoms with van der Waals surface area (Å²) < 4.78 is 0. The highest BCUT2D eigenvalue weighted by Gasteiger charge is 2.45. The quantitative estimate of drug-likeness (QED) is 0.680. The molecule has 0 aliphatic heterocycles. The summed E-state index contributed by atoms with van der Waals surface area (Å²) in [5.74, 6) is 0. The summed E-state index contributed by atoms with van der Waals surface area (Å²) in [6, 6.07) is 0.741. The maximum absolute atomic E-state index is 3.61. The molecule has 0 bridgehead atoms. The van der Waals surface area contributed by atoms with Crippen LogP contribution < -0.4 is 10.6 Å². The van der Waals surface area contributed by atoms with Crippen LogP contribution in [0.25, 0.3) is 0 Å². The zero-order valence-corrected chi connectivity index (χ0v) is 9.70. The first-order valence-electron chi connectivity index (χ1n) is 5.36. The summed E-state index contributed by atoms with van der Waals surface area (Å²) in [5, 5.41) is 7.08. The van der Waals surface area contributed by atoms with Crippen LogP contribution in [0.1, 0.15) is 41.0 Å². The normalized spacial score (nSPS) is 26.1. The van der Waals surface area contributed by atoms with E-state index < -0.39 is 0 Å². The molecule has 0 aromatic rings. The summed E-state index contributed by atoms with van der Waals surface area (Å²) in [7, 11) is 0. The van der Waals surface area contributed by atoms with Crippen molar-refractivity contribution in [2.75, 3.05) is 13.1 Å². The molecule has 0 spiro atoms. The van der Waals surface area contributed by atoms with E-state index >= 15 is 0 Å². The molecule has 78 valence electrons. The third-order valence-electron chi connectivity index (χ3n) is 2.96. The van der Waals surface area contributed by atoms with Gasteiger partial charge in [-0.3, -0.25) is 0 Å². The Morgan fingerprint density at radius 1 is 1.38 bits per heavy atom. The van der Waals surface area contributed by atoms with Gasteiger partial charge < -0.3 is 10.6 Å². The first-order chi connectivity index (χ1) is 5.87. The average Bonchev–Trinajstić information content (AvgIpc) is 2.55. The number of likely N-dealkylation sites (N-methyl/N-ethyl adjacent to an activating group) is 1. The molecule has 13 heavy (non-hydrogen) atoms. The molecule has 0 amide bonds. The van der Waals surface area contributed by atoms with E-state index in [9.17, 15) is 0 Å². The first-order valence-corrected chi connectivity index (χ1v) is 5.36. The molecule has 2 N–H and O–H groups in total. The summed E-state index contributed by atoms with van der Waals surface area (Å²) in [4.78, 5) is 0. The summed E-state index contributed by atoms with van der Waals surface area (Å²) in [6.45, 7) is 13.4. The molecule has 1 fully saturated rings. The third-order valence-corrected chi connectivity index (χ3v) is 2.96. The lowest BCUT2D eigenvalue weighted by molar-refractivity contribution is 0.363. The Hall–Kier alpha value is -0.0800. The zero-order chi connectivity index (χ0) is 10.1. The lowest BCUT2D eigenvalue weighted by atomic mass is 10.1. The fraction of sp³-hybridized carbons (Fsp3) is 1.00. The second-order valence-electron chi connectivity index (χ2n) is 5.54. The topological polar surface area (TPSA) is 24.1 Å². The van der Waals surface area contributed by atoms with E-state index in [1.54, 1.807) is 0 Å². The summed E-state index contributed by atoms with van der Waals surface area (Å²) in [5.41, 5.74) is 0.774. The zero-order valence-electron chi connectivity index (χ0n) is 9.70. The van der Waals surface area contributed by atoms with Gasteiger partial charge in [-0.2, -0.15) is 0 Å². The highest BCUT2D eigenvalue weighted by molar-refractivity contribution is 5.02. The summed E-state index contributed by atoms with van der Waals surface area (Å²) in [6.07, 6.45) is 1.33. The van der Waals surface area contributed by atoms with E-state index in [0.717, 1.165) is 19.1 Å². The molecular weight excluding hydrogens is 160 g/mol. The first kappa shape index (κ1) is 11.0. The van der Waals surface area contributed by atoms with Gasteiger partial charge in [-0.05, 0) is 32.2 Å². The van der Waals surface area contributed by atoms with Gasteiger partial charge in [-0.25, -0.2) is 0 Å². The predicted molar refractivity (Wildman–Crippen MR) is 57.9 cm³/mol. The van der Waals surface area contributed by atoms with Crippen molar-refractivity contribution in [2.45, 2.75) is 52.6 Å². The van der Waals surface area contributed by atoms with Gasteiger partial charge in [-0.15, -0.1) is 0 Å². The van der Waals surface area contributed by atoms with Crippen LogP contribution in [0.4, 0.5) is 0 Å². The van der Waals surface area contributed by atoms with Gasteiger partial charge in [0.15, 0.2) is 0 Å². The van der Waals surface area contributed by atoms with E-state index in [0.29, 0.717) is 5.41 Å². The van der Waals surface area contributed by atoms with Gasteiger partial charge >= 0.3 is 0 Å². The molecule has 0 heterocycles. The number of rotatable bonds is 5. The van der Waals surface area contributed by atoms with E-state index in [1.165, 1.54) is 6.42 Å². The van der Waals surface area contributed by atoms with Crippen molar-refractivity contribution in [3.05, 3.63) is 0 Å². The standard InChI is InChI=1S/C11H24N2/c1-6-13-11(4,5)8-12-9-7-10(9,2)3/h9,12-13H,6-8H2,1-5H3. The fourth-order valence-corrected chi connectivity index (χ4v) is 1.74. The Labute approximate surface area is 82.5 Å². The van der Waals surface area contributed by atoms with Crippen molar-refractivity contribution in [2.24, 2.45) is 5.41 Å². The van der Waals surface area contributed by atoms with Crippen LogP contribution >= 0.6 is 0 Å². The average molecular weight is 184 g/mol. The molecule has 2 nitrogen and oxygen atoms in total. The van der Waals surface area contributed by atoms with Gasteiger partial charge in [0.1, 0.15) is 0 Å². The highest BCUT2D eigenvalue weighted by Crippen LogP contribution is 2.44. The highest BCUT2D eigenvalue weighted by atomic mass is 15.1. The fourth-order valence-electron chi connectivity index (χ4n) is 1.74. The maximum Gasteiger partial charge on any atom is 0.0249 e.